The standard InChI is InChI=1S/C18H18F2N2O6/c1-2-3-4-5-28-10-7-8(6-9(19)14(10)20)11-12(17(24)25)15(21)22-16(23)13(11)18(26)27/h6-7H,2-5H2,1H3,(H,24,25)(H,26,27)(H3,21,22,23). The van der Waals surface area contributed by atoms with Crippen LogP contribution in [0.3, 0.4) is 0 Å². The van der Waals surface area contributed by atoms with Crippen LogP contribution in [0.2, 0.25) is 0 Å². The van der Waals surface area contributed by atoms with E-state index in [2.05, 4.69) is 0 Å². The first-order valence-electron chi connectivity index (χ1n) is 8.33. The summed E-state index contributed by atoms with van der Waals surface area (Å²) in [6.07, 6.45) is 2.23. The van der Waals surface area contributed by atoms with Crippen molar-refractivity contribution in [2.75, 3.05) is 12.3 Å². The molecule has 2 aromatic rings. The predicted octanol–water partition coefficient (Wildman–Crippen LogP) is 2.87. The minimum atomic E-state index is -1.76. The molecule has 0 saturated heterocycles. The molecule has 0 radical (unpaired) electrons. The summed E-state index contributed by atoms with van der Waals surface area (Å²) in [5.74, 6) is -7.26. The lowest BCUT2D eigenvalue weighted by molar-refractivity contribution is 0.0695. The van der Waals surface area contributed by atoms with Crippen molar-refractivity contribution in [3.8, 4) is 16.9 Å². The van der Waals surface area contributed by atoms with E-state index in [1.54, 1.807) is 0 Å². The first kappa shape index (κ1) is 20.9. The highest BCUT2D eigenvalue weighted by Crippen LogP contribution is 2.34. The molecule has 0 amide bonds. The lowest BCUT2D eigenvalue weighted by atomic mass is 9.95. The van der Waals surface area contributed by atoms with Crippen LogP contribution in [0.25, 0.3) is 11.1 Å². The highest BCUT2D eigenvalue weighted by atomic mass is 19.2. The molecule has 5 N–H and O–H groups in total. The molecule has 0 aliphatic carbocycles. The van der Waals surface area contributed by atoms with Gasteiger partial charge >= 0.3 is 11.9 Å². The maximum atomic E-state index is 14.1. The molecule has 0 saturated carbocycles. The Labute approximate surface area is 157 Å². The lowest BCUT2D eigenvalue weighted by Crippen LogP contribution is -2.24. The Hall–Kier alpha value is -3.43. The van der Waals surface area contributed by atoms with E-state index >= 15 is 0 Å². The molecule has 0 unspecified atom stereocenters. The summed E-state index contributed by atoms with van der Waals surface area (Å²) >= 11 is 0. The van der Waals surface area contributed by atoms with Gasteiger partial charge in [0.2, 0.25) is 5.82 Å². The fraction of sp³-hybridized carbons (Fsp3) is 0.278. The van der Waals surface area contributed by atoms with Gasteiger partial charge in [-0.15, -0.1) is 0 Å². The Balaban J connectivity index is 2.73. The van der Waals surface area contributed by atoms with Crippen molar-refractivity contribution < 1.29 is 33.3 Å². The summed E-state index contributed by atoms with van der Waals surface area (Å²) in [5.41, 5.74) is 1.62. The molecule has 28 heavy (non-hydrogen) atoms. The average molecular weight is 396 g/mol. The maximum Gasteiger partial charge on any atom is 0.342 e. The number of hydrogen-bond donors (Lipinski definition) is 4. The number of halogens is 2. The summed E-state index contributed by atoms with van der Waals surface area (Å²) in [6.45, 7) is 2.02. The minimum Gasteiger partial charge on any atom is -0.490 e. The second-order valence-electron chi connectivity index (χ2n) is 5.93. The zero-order valence-electron chi connectivity index (χ0n) is 14.8. The van der Waals surface area contributed by atoms with Gasteiger partial charge in [0.1, 0.15) is 16.9 Å². The number of hydrogen-bond acceptors (Lipinski definition) is 5. The van der Waals surface area contributed by atoms with E-state index in [-0.39, 0.29) is 12.2 Å². The second kappa shape index (κ2) is 8.51. The number of benzene rings is 1. The quantitative estimate of drug-likeness (QED) is 0.502. The molecule has 1 aromatic carbocycles. The fourth-order valence-corrected chi connectivity index (χ4v) is 2.68. The first-order valence-corrected chi connectivity index (χ1v) is 8.33. The van der Waals surface area contributed by atoms with Crippen LogP contribution in [0.4, 0.5) is 14.6 Å². The molecule has 0 aliphatic rings. The number of nitrogens with one attached hydrogen (secondary N) is 1. The van der Waals surface area contributed by atoms with Gasteiger partial charge in [0.05, 0.1) is 6.61 Å². The van der Waals surface area contributed by atoms with E-state index < -0.39 is 57.4 Å². The number of aromatic nitrogens is 1. The van der Waals surface area contributed by atoms with Gasteiger partial charge in [-0.25, -0.2) is 14.0 Å². The topological polar surface area (TPSA) is 143 Å². The number of pyridine rings is 1. The van der Waals surface area contributed by atoms with Crippen LogP contribution >= 0.6 is 0 Å². The van der Waals surface area contributed by atoms with Crippen molar-refractivity contribution in [1.29, 1.82) is 0 Å². The summed E-state index contributed by atoms with van der Waals surface area (Å²) in [4.78, 5) is 37.1. The van der Waals surface area contributed by atoms with Gasteiger partial charge in [-0.3, -0.25) is 4.79 Å². The smallest absolute Gasteiger partial charge is 0.342 e. The number of nitrogens with two attached hydrogens (primary N) is 1. The Morgan fingerprint density at radius 3 is 2.36 bits per heavy atom. The molecule has 0 fully saturated rings. The van der Waals surface area contributed by atoms with Gasteiger partial charge in [0, 0.05) is 5.56 Å². The first-order chi connectivity index (χ1) is 13.2. The van der Waals surface area contributed by atoms with Gasteiger partial charge in [0.15, 0.2) is 11.6 Å². The second-order valence-corrected chi connectivity index (χ2v) is 5.93. The van der Waals surface area contributed by atoms with Crippen LogP contribution in [-0.4, -0.2) is 33.7 Å². The lowest BCUT2D eigenvalue weighted by Gasteiger charge is -2.14. The third kappa shape index (κ3) is 4.11. The summed E-state index contributed by atoms with van der Waals surface area (Å²) < 4.78 is 33.4. The summed E-state index contributed by atoms with van der Waals surface area (Å²) in [7, 11) is 0. The third-order valence-corrected chi connectivity index (χ3v) is 3.96. The summed E-state index contributed by atoms with van der Waals surface area (Å²) in [5, 5.41) is 18.8. The maximum absolute atomic E-state index is 14.1. The number of carboxylic acid groups (broad SMARTS) is 2. The van der Waals surface area contributed by atoms with Gasteiger partial charge in [-0.05, 0) is 24.1 Å². The van der Waals surface area contributed by atoms with E-state index in [1.807, 2.05) is 11.9 Å². The van der Waals surface area contributed by atoms with E-state index in [1.165, 1.54) is 0 Å². The van der Waals surface area contributed by atoms with Crippen molar-refractivity contribution >= 4 is 17.8 Å². The van der Waals surface area contributed by atoms with Gasteiger partial charge < -0.3 is 25.7 Å². The monoisotopic (exact) mass is 396 g/mol. The minimum absolute atomic E-state index is 0.0722. The molecule has 0 aliphatic heterocycles. The van der Waals surface area contributed by atoms with Crippen LogP contribution in [0.1, 0.15) is 46.9 Å². The molecular formula is C18H18F2N2O6. The van der Waals surface area contributed by atoms with Crippen molar-refractivity contribution in [1.82, 2.24) is 4.98 Å². The summed E-state index contributed by atoms with van der Waals surface area (Å²) in [6, 6.07) is 1.53. The van der Waals surface area contributed by atoms with E-state index in [9.17, 15) is 33.4 Å². The molecule has 0 bridgehead atoms. The number of rotatable bonds is 8. The molecule has 0 spiro atoms. The van der Waals surface area contributed by atoms with Gasteiger partial charge in [0.25, 0.3) is 5.56 Å². The van der Waals surface area contributed by atoms with Crippen molar-refractivity contribution in [2.45, 2.75) is 26.2 Å². The van der Waals surface area contributed by atoms with Crippen LogP contribution < -0.4 is 16.0 Å². The molecule has 2 rings (SSSR count). The number of nitrogen functional groups attached to an aromatic ring is 1. The molecule has 1 aromatic heterocycles. The van der Waals surface area contributed by atoms with E-state index in [0.717, 1.165) is 18.9 Å². The number of ether oxygens (including phenoxy) is 1. The Kier molecular flexibility index (Phi) is 6.34. The van der Waals surface area contributed by atoms with Crippen molar-refractivity contribution in [3.05, 3.63) is 45.2 Å². The van der Waals surface area contributed by atoms with Crippen LogP contribution in [0.15, 0.2) is 16.9 Å². The number of anilines is 1. The van der Waals surface area contributed by atoms with Crippen LogP contribution in [0.5, 0.6) is 5.75 Å². The third-order valence-electron chi connectivity index (χ3n) is 3.96. The van der Waals surface area contributed by atoms with E-state index in [0.29, 0.717) is 12.5 Å². The number of unbranched alkanes of at least 4 members (excludes halogenated alkanes) is 2. The number of H-pyrrole nitrogens is 1. The average Bonchev–Trinajstić information content (AvgIpc) is 2.60. The number of carboxylic acids is 2. The highest BCUT2D eigenvalue weighted by molar-refractivity contribution is 6.07. The molecule has 8 nitrogen and oxygen atoms in total. The largest absolute Gasteiger partial charge is 0.490 e. The molecular weight excluding hydrogens is 378 g/mol. The number of aromatic amines is 1. The number of carbonyl (C=O) groups is 2. The Morgan fingerprint density at radius 2 is 1.79 bits per heavy atom. The molecule has 10 heteroatoms. The fourth-order valence-electron chi connectivity index (χ4n) is 2.68. The number of aromatic carboxylic acids is 2. The highest BCUT2D eigenvalue weighted by Gasteiger charge is 2.28. The Morgan fingerprint density at radius 1 is 1.14 bits per heavy atom. The zero-order chi connectivity index (χ0) is 21.0. The van der Waals surface area contributed by atoms with Crippen molar-refractivity contribution in [3.63, 3.8) is 0 Å². The van der Waals surface area contributed by atoms with Crippen LogP contribution in [-0.2, 0) is 0 Å². The van der Waals surface area contributed by atoms with E-state index in [4.69, 9.17) is 10.5 Å². The molecule has 150 valence electrons. The zero-order valence-corrected chi connectivity index (χ0v) is 14.8. The molecule has 0 atom stereocenters. The van der Waals surface area contributed by atoms with Gasteiger partial charge in [-0.1, -0.05) is 19.8 Å². The Bertz CT molecular complexity index is 987. The SMILES string of the molecule is CCCCCOc1cc(-c2c(C(=O)O)c(N)[nH]c(=O)c2C(=O)O)cc(F)c1F. The van der Waals surface area contributed by atoms with Crippen molar-refractivity contribution in [2.24, 2.45) is 0 Å². The van der Waals surface area contributed by atoms with Gasteiger partial charge in [-0.2, -0.15) is 4.39 Å². The normalized spacial score (nSPS) is 10.7. The predicted molar refractivity (Wildman–Crippen MR) is 95.8 cm³/mol. The molecule has 1 heterocycles. The van der Waals surface area contributed by atoms with Crippen LogP contribution in [0, 0.1) is 11.6 Å².